The van der Waals surface area contributed by atoms with Crippen molar-refractivity contribution >= 4 is 5.69 Å². The zero-order chi connectivity index (χ0) is 10.4. The van der Waals surface area contributed by atoms with Crippen molar-refractivity contribution in [3.05, 3.63) is 29.6 Å². The summed E-state index contributed by atoms with van der Waals surface area (Å²) in [6.45, 7) is 0.599. The minimum atomic E-state index is -0.516. The van der Waals surface area contributed by atoms with Gasteiger partial charge in [-0.05, 0) is 18.2 Å². The molecule has 0 aliphatic heterocycles. The van der Waals surface area contributed by atoms with Crippen molar-refractivity contribution in [1.82, 2.24) is 0 Å². The number of benzene rings is 1. The highest BCUT2D eigenvalue weighted by molar-refractivity contribution is 5.48. The van der Waals surface area contributed by atoms with E-state index in [4.69, 9.17) is 11.7 Å². The Labute approximate surface area is 82.4 Å². The fraction of sp³-hybridized carbons (Fsp3) is 0.182. The van der Waals surface area contributed by atoms with Crippen LogP contribution in [-0.4, -0.2) is 6.54 Å². The summed E-state index contributed by atoms with van der Waals surface area (Å²) in [5.41, 5.74) is 0.684. The zero-order valence-electron chi connectivity index (χ0n) is 7.55. The van der Waals surface area contributed by atoms with Crippen molar-refractivity contribution < 1.29 is 4.39 Å². The van der Waals surface area contributed by atoms with Crippen molar-refractivity contribution in [1.29, 1.82) is 5.26 Å². The highest BCUT2D eigenvalue weighted by atomic mass is 19.1. The maximum Gasteiger partial charge on any atom is 0.143 e. The fourth-order valence-corrected chi connectivity index (χ4v) is 0.995. The quantitative estimate of drug-likeness (QED) is 0.582. The first kappa shape index (κ1) is 10.1. The maximum absolute atomic E-state index is 13.1. The second kappa shape index (κ2) is 4.89. The van der Waals surface area contributed by atoms with E-state index in [2.05, 4.69) is 11.2 Å². The van der Waals surface area contributed by atoms with Gasteiger partial charge in [-0.25, -0.2) is 4.39 Å². The van der Waals surface area contributed by atoms with E-state index in [1.807, 2.05) is 0 Å². The van der Waals surface area contributed by atoms with Gasteiger partial charge in [0.25, 0.3) is 0 Å². The first-order chi connectivity index (χ1) is 6.77. The van der Waals surface area contributed by atoms with Crippen LogP contribution in [0.4, 0.5) is 10.1 Å². The van der Waals surface area contributed by atoms with Crippen molar-refractivity contribution in [3.63, 3.8) is 0 Å². The average Bonchev–Trinajstić information content (AvgIpc) is 2.18. The molecule has 0 atom stereocenters. The molecule has 0 amide bonds. The van der Waals surface area contributed by atoms with Gasteiger partial charge in [0.15, 0.2) is 0 Å². The lowest BCUT2D eigenvalue weighted by molar-refractivity contribution is 0.624. The standard InChI is InChI=1S/C11H9FN2/c1-2-3-6-14-10-5-4-9(8-13)11(12)7-10/h1,4-5,7,14H,3,6H2. The van der Waals surface area contributed by atoms with Gasteiger partial charge in [0.2, 0.25) is 0 Å². The summed E-state index contributed by atoms with van der Waals surface area (Å²) in [7, 11) is 0. The molecule has 0 spiro atoms. The van der Waals surface area contributed by atoms with Crippen LogP contribution in [0.25, 0.3) is 0 Å². The van der Waals surface area contributed by atoms with E-state index in [9.17, 15) is 4.39 Å². The van der Waals surface area contributed by atoms with E-state index < -0.39 is 5.82 Å². The van der Waals surface area contributed by atoms with E-state index in [1.54, 1.807) is 12.1 Å². The van der Waals surface area contributed by atoms with E-state index in [1.165, 1.54) is 12.1 Å². The molecule has 1 N–H and O–H groups in total. The molecule has 0 aromatic heterocycles. The molecule has 0 bridgehead atoms. The molecule has 0 aliphatic carbocycles. The Morgan fingerprint density at radius 2 is 2.29 bits per heavy atom. The summed E-state index contributed by atoms with van der Waals surface area (Å²) in [6.07, 6.45) is 5.65. The highest BCUT2D eigenvalue weighted by Gasteiger charge is 2.01. The number of halogens is 1. The maximum atomic E-state index is 13.1. The third-order valence-electron chi connectivity index (χ3n) is 1.69. The second-order valence-corrected chi connectivity index (χ2v) is 2.69. The number of terminal acetylenes is 1. The molecule has 1 rings (SSSR count). The fourth-order valence-electron chi connectivity index (χ4n) is 0.995. The van der Waals surface area contributed by atoms with Crippen molar-refractivity contribution in [2.45, 2.75) is 6.42 Å². The second-order valence-electron chi connectivity index (χ2n) is 2.69. The molecule has 0 radical (unpaired) electrons. The Morgan fingerprint density at radius 3 is 2.86 bits per heavy atom. The van der Waals surface area contributed by atoms with Crippen LogP contribution in [0.3, 0.4) is 0 Å². The van der Waals surface area contributed by atoms with E-state index in [-0.39, 0.29) is 5.56 Å². The average molecular weight is 188 g/mol. The Kier molecular flexibility index (Phi) is 3.52. The Morgan fingerprint density at radius 1 is 1.50 bits per heavy atom. The first-order valence-electron chi connectivity index (χ1n) is 4.15. The van der Waals surface area contributed by atoms with Gasteiger partial charge in [-0.3, -0.25) is 0 Å². The number of rotatable bonds is 3. The van der Waals surface area contributed by atoms with Gasteiger partial charge in [0.1, 0.15) is 11.9 Å². The normalized spacial score (nSPS) is 8.79. The molecule has 70 valence electrons. The number of hydrogen-bond acceptors (Lipinski definition) is 2. The number of nitrogens with zero attached hydrogens (tertiary/aromatic N) is 1. The third-order valence-corrected chi connectivity index (χ3v) is 1.69. The molecule has 0 saturated heterocycles. The van der Waals surface area contributed by atoms with E-state index >= 15 is 0 Å². The summed E-state index contributed by atoms with van der Waals surface area (Å²) < 4.78 is 13.1. The Balaban J connectivity index is 2.69. The molecule has 0 unspecified atom stereocenters. The van der Waals surface area contributed by atoms with Crippen LogP contribution in [-0.2, 0) is 0 Å². The third kappa shape index (κ3) is 2.50. The van der Waals surface area contributed by atoms with Crippen molar-refractivity contribution in [2.24, 2.45) is 0 Å². The number of hydrogen-bond donors (Lipinski definition) is 1. The van der Waals surface area contributed by atoms with Gasteiger partial charge < -0.3 is 5.32 Å². The largest absolute Gasteiger partial charge is 0.384 e. The van der Waals surface area contributed by atoms with Crippen LogP contribution in [0.5, 0.6) is 0 Å². The molecular formula is C11H9FN2. The number of nitriles is 1. The number of anilines is 1. The minimum Gasteiger partial charge on any atom is -0.384 e. The van der Waals surface area contributed by atoms with Crippen LogP contribution in [0.15, 0.2) is 18.2 Å². The predicted molar refractivity (Wildman–Crippen MR) is 53.1 cm³/mol. The summed E-state index contributed by atoms with van der Waals surface area (Å²) in [6, 6.07) is 6.13. The van der Waals surface area contributed by atoms with E-state index in [0.717, 1.165) is 0 Å². The van der Waals surface area contributed by atoms with Crippen LogP contribution < -0.4 is 5.32 Å². The lowest BCUT2D eigenvalue weighted by Gasteiger charge is -2.04. The van der Waals surface area contributed by atoms with Crippen molar-refractivity contribution in [3.8, 4) is 18.4 Å². The molecule has 2 nitrogen and oxygen atoms in total. The molecule has 0 saturated carbocycles. The summed E-state index contributed by atoms with van der Waals surface area (Å²) >= 11 is 0. The van der Waals surface area contributed by atoms with Gasteiger partial charge >= 0.3 is 0 Å². The Hall–Kier alpha value is -2.00. The molecular weight excluding hydrogens is 179 g/mol. The van der Waals surface area contributed by atoms with Crippen molar-refractivity contribution in [2.75, 3.05) is 11.9 Å². The smallest absolute Gasteiger partial charge is 0.143 e. The topological polar surface area (TPSA) is 35.8 Å². The van der Waals surface area contributed by atoms with Crippen LogP contribution in [0, 0.1) is 29.5 Å². The lowest BCUT2D eigenvalue weighted by atomic mass is 10.2. The zero-order valence-corrected chi connectivity index (χ0v) is 7.55. The molecule has 0 aliphatic rings. The molecule has 0 fully saturated rings. The predicted octanol–water partition coefficient (Wildman–Crippen LogP) is 2.13. The molecule has 0 heterocycles. The molecule has 1 aromatic rings. The molecule has 1 aromatic carbocycles. The summed E-state index contributed by atoms with van der Waals surface area (Å²) in [4.78, 5) is 0. The molecule has 14 heavy (non-hydrogen) atoms. The Bertz CT molecular complexity index is 399. The highest BCUT2D eigenvalue weighted by Crippen LogP contribution is 2.13. The van der Waals surface area contributed by atoms with E-state index in [0.29, 0.717) is 18.7 Å². The number of nitrogens with one attached hydrogen (secondary N) is 1. The summed E-state index contributed by atoms with van der Waals surface area (Å²) in [5, 5.41) is 11.4. The van der Waals surface area contributed by atoms with Gasteiger partial charge in [-0.2, -0.15) is 5.26 Å². The van der Waals surface area contributed by atoms with Gasteiger partial charge in [-0.15, -0.1) is 12.3 Å². The monoisotopic (exact) mass is 188 g/mol. The molecule has 3 heteroatoms. The lowest BCUT2D eigenvalue weighted by Crippen LogP contribution is -2.00. The minimum absolute atomic E-state index is 0.0486. The van der Waals surface area contributed by atoms with Crippen LogP contribution in [0.2, 0.25) is 0 Å². The first-order valence-corrected chi connectivity index (χ1v) is 4.15. The SMILES string of the molecule is C#CCCNc1ccc(C#N)c(F)c1. The van der Waals surface area contributed by atoms with Crippen LogP contribution >= 0.6 is 0 Å². The van der Waals surface area contributed by atoms with Crippen LogP contribution in [0.1, 0.15) is 12.0 Å². The summed E-state index contributed by atoms with van der Waals surface area (Å²) in [5.74, 6) is 1.95. The van der Waals surface area contributed by atoms with Gasteiger partial charge in [-0.1, -0.05) is 0 Å². The van der Waals surface area contributed by atoms with Gasteiger partial charge in [0.05, 0.1) is 5.56 Å². The van der Waals surface area contributed by atoms with Gasteiger partial charge in [0, 0.05) is 18.7 Å².